The predicted molar refractivity (Wildman–Crippen MR) is 61.5 cm³/mol. The molecule has 15 heavy (non-hydrogen) atoms. The Morgan fingerprint density at radius 1 is 1.47 bits per heavy atom. The smallest absolute Gasteiger partial charge is 0.0984 e. The molecule has 1 unspecified atom stereocenters. The maximum atomic E-state index is 5.31. The molecule has 2 aliphatic rings. The Bertz CT molecular complexity index is 371. The van der Waals surface area contributed by atoms with Crippen LogP contribution in [-0.2, 0) is 11.2 Å². The molecule has 2 aliphatic heterocycles. The molecule has 80 valence electrons. The van der Waals surface area contributed by atoms with E-state index in [2.05, 4.69) is 30.0 Å². The lowest BCUT2D eigenvalue weighted by atomic mass is 9.99. The number of ether oxygens (including phenoxy) is 1. The van der Waals surface area contributed by atoms with Crippen molar-refractivity contribution < 1.29 is 4.74 Å². The van der Waals surface area contributed by atoms with Crippen molar-refractivity contribution in [3.05, 3.63) is 29.3 Å². The van der Waals surface area contributed by atoms with E-state index >= 15 is 0 Å². The molecule has 2 nitrogen and oxygen atoms in total. The SMILES string of the molecule is Cc1ccc2c(c1)CCCN2CC1CO1. The number of rotatable bonds is 2. The first kappa shape index (κ1) is 9.22. The summed E-state index contributed by atoms with van der Waals surface area (Å²) < 4.78 is 5.31. The summed E-state index contributed by atoms with van der Waals surface area (Å²) in [6, 6.07) is 6.81. The lowest BCUT2D eigenvalue weighted by Crippen LogP contribution is -2.32. The molecule has 0 saturated carbocycles. The fourth-order valence-electron chi connectivity index (χ4n) is 2.41. The minimum atomic E-state index is 0.497. The van der Waals surface area contributed by atoms with Crippen molar-refractivity contribution in [1.29, 1.82) is 0 Å². The van der Waals surface area contributed by atoms with Crippen LogP contribution in [0.15, 0.2) is 18.2 Å². The Kier molecular flexibility index (Phi) is 2.17. The van der Waals surface area contributed by atoms with Crippen LogP contribution in [0.25, 0.3) is 0 Å². The van der Waals surface area contributed by atoms with Gasteiger partial charge in [0.05, 0.1) is 12.7 Å². The molecule has 1 fully saturated rings. The minimum absolute atomic E-state index is 0.497. The van der Waals surface area contributed by atoms with Crippen LogP contribution in [0, 0.1) is 6.92 Å². The van der Waals surface area contributed by atoms with Crippen LogP contribution in [0.3, 0.4) is 0 Å². The molecule has 1 aromatic carbocycles. The molecular weight excluding hydrogens is 186 g/mol. The highest BCUT2D eigenvalue weighted by Crippen LogP contribution is 2.29. The van der Waals surface area contributed by atoms with Crippen LogP contribution in [0.1, 0.15) is 17.5 Å². The van der Waals surface area contributed by atoms with E-state index in [0.717, 1.165) is 13.2 Å². The van der Waals surface area contributed by atoms with Gasteiger partial charge >= 0.3 is 0 Å². The van der Waals surface area contributed by atoms with E-state index in [4.69, 9.17) is 4.74 Å². The average Bonchev–Trinajstić information content (AvgIpc) is 3.01. The molecule has 0 aromatic heterocycles. The van der Waals surface area contributed by atoms with E-state index < -0.39 is 0 Å². The second-order valence-corrected chi connectivity index (χ2v) is 4.64. The second-order valence-electron chi connectivity index (χ2n) is 4.64. The van der Waals surface area contributed by atoms with E-state index in [0.29, 0.717) is 6.10 Å². The number of benzene rings is 1. The number of anilines is 1. The Labute approximate surface area is 90.8 Å². The Hall–Kier alpha value is -1.02. The molecule has 0 bridgehead atoms. The molecule has 3 rings (SSSR count). The van der Waals surface area contributed by atoms with E-state index in [1.54, 1.807) is 0 Å². The van der Waals surface area contributed by atoms with Crippen LogP contribution < -0.4 is 4.90 Å². The molecule has 0 radical (unpaired) electrons. The third kappa shape index (κ3) is 1.86. The van der Waals surface area contributed by atoms with Crippen molar-refractivity contribution >= 4 is 5.69 Å². The van der Waals surface area contributed by atoms with Crippen molar-refractivity contribution in [2.24, 2.45) is 0 Å². The van der Waals surface area contributed by atoms with Crippen molar-refractivity contribution in [2.45, 2.75) is 25.9 Å². The van der Waals surface area contributed by atoms with Crippen molar-refractivity contribution in [2.75, 3.05) is 24.6 Å². The van der Waals surface area contributed by atoms with Gasteiger partial charge in [-0.05, 0) is 31.4 Å². The fraction of sp³-hybridized carbons (Fsp3) is 0.538. The van der Waals surface area contributed by atoms with E-state index in [-0.39, 0.29) is 0 Å². The topological polar surface area (TPSA) is 15.8 Å². The van der Waals surface area contributed by atoms with Gasteiger partial charge in [-0.3, -0.25) is 0 Å². The highest BCUT2D eigenvalue weighted by Gasteiger charge is 2.27. The first-order valence-electron chi connectivity index (χ1n) is 5.79. The summed E-state index contributed by atoms with van der Waals surface area (Å²) in [5, 5.41) is 0. The normalized spacial score (nSPS) is 23.8. The number of aryl methyl sites for hydroxylation is 2. The van der Waals surface area contributed by atoms with Gasteiger partial charge in [0, 0.05) is 18.8 Å². The Balaban J connectivity index is 1.87. The van der Waals surface area contributed by atoms with Crippen LogP contribution in [-0.4, -0.2) is 25.8 Å². The summed E-state index contributed by atoms with van der Waals surface area (Å²) in [5.41, 5.74) is 4.32. The van der Waals surface area contributed by atoms with Gasteiger partial charge < -0.3 is 9.64 Å². The number of hydrogen-bond donors (Lipinski definition) is 0. The van der Waals surface area contributed by atoms with Crippen LogP contribution in [0.2, 0.25) is 0 Å². The third-order valence-electron chi connectivity index (χ3n) is 3.28. The van der Waals surface area contributed by atoms with Gasteiger partial charge in [-0.15, -0.1) is 0 Å². The summed E-state index contributed by atoms with van der Waals surface area (Å²) in [6.07, 6.45) is 3.01. The molecule has 2 heterocycles. The average molecular weight is 203 g/mol. The van der Waals surface area contributed by atoms with Crippen molar-refractivity contribution in [3.63, 3.8) is 0 Å². The molecule has 0 spiro atoms. The molecule has 1 saturated heterocycles. The van der Waals surface area contributed by atoms with Gasteiger partial charge in [-0.2, -0.15) is 0 Å². The van der Waals surface area contributed by atoms with Gasteiger partial charge in [-0.25, -0.2) is 0 Å². The number of fused-ring (bicyclic) bond motifs is 1. The minimum Gasteiger partial charge on any atom is -0.371 e. The van der Waals surface area contributed by atoms with Crippen LogP contribution in [0.5, 0.6) is 0 Å². The number of epoxide rings is 1. The van der Waals surface area contributed by atoms with Gasteiger partial charge in [0.1, 0.15) is 0 Å². The first-order chi connectivity index (χ1) is 7.33. The van der Waals surface area contributed by atoms with E-state index in [1.165, 1.54) is 36.2 Å². The van der Waals surface area contributed by atoms with Gasteiger partial charge in [-0.1, -0.05) is 17.7 Å². The Morgan fingerprint density at radius 3 is 3.13 bits per heavy atom. The molecule has 0 N–H and O–H groups in total. The van der Waals surface area contributed by atoms with Crippen LogP contribution >= 0.6 is 0 Å². The molecule has 1 aromatic rings. The lowest BCUT2D eigenvalue weighted by Gasteiger charge is -2.31. The summed E-state index contributed by atoms with van der Waals surface area (Å²) in [4.78, 5) is 2.48. The van der Waals surface area contributed by atoms with Gasteiger partial charge in [0.25, 0.3) is 0 Å². The molecular formula is C13H17NO. The lowest BCUT2D eigenvalue weighted by molar-refractivity contribution is 0.406. The van der Waals surface area contributed by atoms with E-state index in [9.17, 15) is 0 Å². The zero-order valence-corrected chi connectivity index (χ0v) is 9.20. The molecule has 0 aliphatic carbocycles. The van der Waals surface area contributed by atoms with Gasteiger partial charge in [0.2, 0.25) is 0 Å². The van der Waals surface area contributed by atoms with Gasteiger partial charge in [0.15, 0.2) is 0 Å². The summed E-state index contributed by atoms with van der Waals surface area (Å²) >= 11 is 0. The molecule has 0 amide bonds. The zero-order valence-electron chi connectivity index (χ0n) is 9.20. The largest absolute Gasteiger partial charge is 0.371 e. The van der Waals surface area contributed by atoms with Crippen molar-refractivity contribution in [1.82, 2.24) is 0 Å². The monoisotopic (exact) mass is 203 g/mol. The fourth-order valence-corrected chi connectivity index (χ4v) is 2.41. The maximum absolute atomic E-state index is 5.31. The summed E-state index contributed by atoms with van der Waals surface area (Å²) in [7, 11) is 0. The summed E-state index contributed by atoms with van der Waals surface area (Å²) in [5.74, 6) is 0. The third-order valence-corrected chi connectivity index (χ3v) is 3.28. The Morgan fingerprint density at radius 2 is 2.33 bits per heavy atom. The zero-order chi connectivity index (χ0) is 10.3. The highest BCUT2D eigenvalue weighted by molar-refractivity contribution is 5.56. The second kappa shape index (κ2) is 3.53. The number of nitrogens with zero attached hydrogens (tertiary/aromatic N) is 1. The summed E-state index contributed by atoms with van der Waals surface area (Å²) in [6.45, 7) is 5.40. The highest BCUT2D eigenvalue weighted by atomic mass is 16.6. The predicted octanol–water partition coefficient (Wildman–Crippen LogP) is 2.15. The number of hydrogen-bond acceptors (Lipinski definition) is 2. The quantitative estimate of drug-likeness (QED) is 0.684. The molecule has 1 atom stereocenters. The van der Waals surface area contributed by atoms with Crippen LogP contribution in [0.4, 0.5) is 5.69 Å². The first-order valence-corrected chi connectivity index (χ1v) is 5.79. The maximum Gasteiger partial charge on any atom is 0.0984 e. The van der Waals surface area contributed by atoms with E-state index in [1.807, 2.05) is 0 Å². The standard InChI is InChI=1S/C13H17NO/c1-10-4-5-13-11(7-10)3-2-6-14(13)8-12-9-15-12/h4-5,7,12H,2-3,6,8-9H2,1H3. The molecule has 2 heteroatoms. The van der Waals surface area contributed by atoms with Crippen molar-refractivity contribution in [3.8, 4) is 0 Å².